The van der Waals surface area contributed by atoms with Crippen LogP contribution in [0, 0.1) is 5.92 Å². The first-order valence-corrected chi connectivity index (χ1v) is 11.0. The van der Waals surface area contributed by atoms with Gasteiger partial charge in [0.15, 0.2) is 11.6 Å². The maximum absolute atomic E-state index is 13.2. The second-order valence-electron chi connectivity index (χ2n) is 8.64. The van der Waals surface area contributed by atoms with Crippen molar-refractivity contribution in [3.63, 3.8) is 0 Å². The molecule has 0 saturated carbocycles. The Labute approximate surface area is 174 Å². The summed E-state index contributed by atoms with van der Waals surface area (Å²) in [5.41, 5.74) is -2.94. The predicted octanol–water partition coefficient (Wildman–Crippen LogP) is 3.01. The lowest BCUT2D eigenvalue weighted by Gasteiger charge is -2.44. The van der Waals surface area contributed by atoms with Crippen LogP contribution in [0.15, 0.2) is 0 Å². The van der Waals surface area contributed by atoms with Gasteiger partial charge in [-0.15, -0.1) is 0 Å². The van der Waals surface area contributed by atoms with Crippen molar-refractivity contribution in [3.8, 4) is 0 Å². The third kappa shape index (κ3) is 6.84. The van der Waals surface area contributed by atoms with Crippen LogP contribution in [0.3, 0.4) is 0 Å². The Morgan fingerprint density at radius 2 is 1.54 bits per heavy atom. The second kappa shape index (κ2) is 11.1. The van der Waals surface area contributed by atoms with Gasteiger partial charge in [0.2, 0.25) is 0 Å². The zero-order valence-corrected chi connectivity index (χ0v) is 20.4. The normalized spacial score (nSPS) is 19.8. The van der Waals surface area contributed by atoms with Crippen molar-refractivity contribution in [1.82, 2.24) is 9.57 Å². The van der Waals surface area contributed by atoms with Gasteiger partial charge >= 0.3 is 0 Å². The third-order valence-corrected chi connectivity index (χ3v) is 7.23. The molecule has 2 N–H and O–H groups in total. The number of ketones is 2. The second-order valence-corrected chi connectivity index (χ2v) is 9.26. The van der Waals surface area contributed by atoms with E-state index in [9.17, 15) is 19.8 Å². The van der Waals surface area contributed by atoms with Crippen molar-refractivity contribution in [2.45, 2.75) is 97.4 Å². The SMILES string of the molecule is CCCC(C)(O)N(C)CC(=O)C(CC)C(C)(CC)N(P)CC(=O)C(C)(O)CC. The number of carbonyl (C=O) groups is 2. The summed E-state index contributed by atoms with van der Waals surface area (Å²) in [6.45, 7) is 13.2. The van der Waals surface area contributed by atoms with Gasteiger partial charge in [-0.3, -0.25) is 19.2 Å². The van der Waals surface area contributed by atoms with Crippen molar-refractivity contribution in [1.29, 1.82) is 0 Å². The molecule has 5 unspecified atom stereocenters. The van der Waals surface area contributed by atoms with Crippen LogP contribution in [-0.2, 0) is 9.59 Å². The van der Waals surface area contributed by atoms with Gasteiger partial charge in [-0.05, 0) is 53.5 Å². The molecule has 7 heteroatoms. The van der Waals surface area contributed by atoms with Gasteiger partial charge in [0.1, 0.15) is 11.3 Å². The largest absolute Gasteiger partial charge is 0.382 e. The average Bonchev–Trinajstić information content (AvgIpc) is 2.61. The summed E-state index contributed by atoms with van der Waals surface area (Å²) in [7, 11) is 4.35. The molecule has 0 spiro atoms. The highest BCUT2D eigenvalue weighted by Crippen LogP contribution is 2.35. The molecule has 0 aromatic carbocycles. The molecule has 0 aliphatic rings. The lowest BCUT2D eigenvalue weighted by Crippen LogP contribution is -2.55. The molecule has 0 aromatic rings. The Morgan fingerprint density at radius 1 is 1.00 bits per heavy atom. The van der Waals surface area contributed by atoms with E-state index in [0.29, 0.717) is 25.7 Å². The standard InChI is InChI=1S/C21H43N2O4P/c1-9-13-21(7,27)22(8)14-17(24)16(10-2)19(5,11-3)23(28)15-18(25)20(6,26)12-4/h16,26-27H,9-15,28H2,1-8H3. The number of hydrogen-bond donors (Lipinski definition) is 2. The van der Waals surface area contributed by atoms with Gasteiger partial charge in [-0.1, -0.05) is 43.5 Å². The highest BCUT2D eigenvalue weighted by atomic mass is 31.0. The molecule has 0 bridgehead atoms. The van der Waals surface area contributed by atoms with Gasteiger partial charge in [0, 0.05) is 11.5 Å². The molecule has 0 heterocycles. The number of likely N-dealkylation sites (N-methyl/N-ethyl adjacent to an activating group) is 1. The summed E-state index contributed by atoms with van der Waals surface area (Å²) in [5.74, 6) is -0.503. The van der Waals surface area contributed by atoms with Crippen LogP contribution in [0.2, 0.25) is 0 Å². The lowest BCUT2D eigenvalue weighted by molar-refractivity contribution is -0.141. The number of rotatable bonds is 14. The summed E-state index contributed by atoms with van der Waals surface area (Å²) < 4.78 is 1.83. The first-order valence-electron chi connectivity index (χ1n) is 10.5. The van der Waals surface area contributed by atoms with E-state index in [1.807, 2.05) is 32.4 Å². The number of carbonyl (C=O) groups excluding carboxylic acids is 2. The number of hydrogen-bond acceptors (Lipinski definition) is 6. The number of nitrogens with zero attached hydrogens (tertiary/aromatic N) is 2. The smallest absolute Gasteiger partial charge is 0.178 e. The predicted molar refractivity (Wildman–Crippen MR) is 118 cm³/mol. The molecule has 0 fully saturated rings. The Kier molecular flexibility index (Phi) is 11.0. The van der Waals surface area contributed by atoms with Crippen LogP contribution in [0.4, 0.5) is 0 Å². The maximum atomic E-state index is 13.2. The molecule has 0 aromatic heterocycles. The van der Waals surface area contributed by atoms with Crippen LogP contribution in [0.5, 0.6) is 0 Å². The van der Waals surface area contributed by atoms with E-state index >= 15 is 0 Å². The summed E-state index contributed by atoms with van der Waals surface area (Å²) in [6.07, 6.45) is 3.08. The lowest BCUT2D eigenvalue weighted by atomic mass is 9.78. The molecule has 0 aliphatic heterocycles. The zero-order chi connectivity index (χ0) is 22.3. The van der Waals surface area contributed by atoms with Gasteiger partial charge in [-0.2, -0.15) is 0 Å². The Morgan fingerprint density at radius 3 is 1.93 bits per heavy atom. The summed E-state index contributed by atoms with van der Waals surface area (Å²) in [4.78, 5) is 27.4. The van der Waals surface area contributed by atoms with Crippen LogP contribution < -0.4 is 0 Å². The van der Waals surface area contributed by atoms with Crippen LogP contribution in [0.25, 0.3) is 0 Å². The Balaban J connectivity index is 5.47. The summed E-state index contributed by atoms with van der Waals surface area (Å²) >= 11 is 0. The third-order valence-electron chi connectivity index (χ3n) is 6.46. The fourth-order valence-corrected chi connectivity index (χ4v) is 4.07. The van der Waals surface area contributed by atoms with Crippen LogP contribution in [0.1, 0.15) is 80.6 Å². The number of aliphatic hydroxyl groups is 2. The van der Waals surface area contributed by atoms with E-state index in [1.54, 1.807) is 25.8 Å². The van der Waals surface area contributed by atoms with Crippen molar-refractivity contribution in [2.24, 2.45) is 5.92 Å². The first-order chi connectivity index (χ1) is 12.7. The molecular formula is C21H43N2O4P. The molecule has 5 atom stereocenters. The van der Waals surface area contributed by atoms with E-state index < -0.39 is 16.9 Å². The molecular weight excluding hydrogens is 375 g/mol. The molecule has 166 valence electrons. The monoisotopic (exact) mass is 418 g/mol. The van der Waals surface area contributed by atoms with E-state index in [0.717, 1.165) is 6.42 Å². The molecule has 6 nitrogen and oxygen atoms in total. The van der Waals surface area contributed by atoms with E-state index in [1.165, 1.54) is 6.92 Å². The molecule has 0 radical (unpaired) electrons. The zero-order valence-electron chi connectivity index (χ0n) is 19.2. The maximum Gasteiger partial charge on any atom is 0.178 e. The minimum atomic E-state index is -1.37. The van der Waals surface area contributed by atoms with Crippen molar-refractivity contribution >= 4 is 21.0 Å². The van der Waals surface area contributed by atoms with Crippen molar-refractivity contribution < 1.29 is 19.8 Å². The van der Waals surface area contributed by atoms with Crippen molar-refractivity contribution in [3.05, 3.63) is 0 Å². The van der Waals surface area contributed by atoms with Gasteiger partial charge < -0.3 is 10.2 Å². The van der Waals surface area contributed by atoms with Gasteiger partial charge in [0.25, 0.3) is 0 Å². The summed E-state index contributed by atoms with van der Waals surface area (Å²) in [5, 5.41) is 20.8. The molecule has 0 amide bonds. The highest BCUT2D eigenvalue weighted by molar-refractivity contribution is 7.13. The van der Waals surface area contributed by atoms with Gasteiger partial charge in [-0.25, -0.2) is 0 Å². The fraction of sp³-hybridized carbons (Fsp3) is 0.905. The molecule has 0 rings (SSSR count). The molecule has 0 saturated heterocycles. The van der Waals surface area contributed by atoms with E-state index in [-0.39, 0.29) is 30.6 Å². The minimum absolute atomic E-state index is 0.0490. The Hall–Kier alpha value is -0.390. The van der Waals surface area contributed by atoms with Gasteiger partial charge in [0.05, 0.1) is 13.1 Å². The number of Topliss-reactive ketones (excluding diaryl/α,β-unsaturated/α-hetero) is 2. The molecule has 28 heavy (non-hydrogen) atoms. The quantitative estimate of drug-likeness (QED) is 0.333. The van der Waals surface area contributed by atoms with Crippen LogP contribution >= 0.6 is 9.39 Å². The van der Waals surface area contributed by atoms with E-state index in [4.69, 9.17) is 0 Å². The van der Waals surface area contributed by atoms with Crippen molar-refractivity contribution in [2.75, 3.05) is 20.1 Å². The summed E-state index contributed by atoms with van der Waals surface area (Å²) in [6, 6.07) is 0. The Bertz CT molecular complexity index is 525. The topological polar surface area (TPSA) is 81.1 Å². The minimum Gasteiger partial charge on any atom is -0.382 e. The van der Waals surface area contributed by atoms with E-state index in [2.05, 4.69) is 9.39 Å². The first kappa shape index (κ1) is 27.6. The highest BCUT2D eigenvalue weighted by Gasteiger charge is 2.42. The van der Waals surface area contributed by atoms with Crippen LogP contribution in [-0.4, -0.2) is 68.4 Å². The molecule has 0 aliphatic carbocycles. The average molecular weight is 419 g/mol. The fourth-order valence-electron chi connectivity index (χ4n) is 3.55.